The van der Waals surface area contributed by atoms with Crippen LogP contribution in [0.15, 0.2) is 48.5 Å². The van der Waals surface area contributed by atoms with Crippen LogP contribution in [-0.2, 0) is 12.7 Å². The summed E-state index contributed by atoms with van der Waals surface area (Å²) in [6, 6.07) is 10.9. The van der Waals surface area contributed by atoms with Crippen LogP contribution < -0.4 is 9.64 Å². The molecule has 2 heterocycles. The predicted octanol–water partition coefficient (Wildman–Crippen LogP) is 3.56. The molecule has 1 atom stereocenters. The van der Waals surface area contributed by atoms with Gasteiger partial charge in [-0.05, 0) is 35.9 Å². The molecule has 0 aliphatic carbocycles. The average molecular weight is 497 g/mol. The van der Waals surface area contributed by atoms with Crippen LogP contribution in [0.25, 0.3) is 0 Å². The van der Waals surface area contributed by atoms with Crippen molar-refractivity contribution in [3.8, 4) is 11.8 Å². The Bertz CT molecular complexity index is 1200. The summed E-state index contributed by atoms with van der Waals surface area (Å²) in [5, 5.41) is 20.5. The zero-order valence-corrected chi connectivity index (χ0v) is 18.6. The van der Waals surface area contributed by atoms with Crippen molar-refractivity contribution in [2.24, 2.45) is 0 Å². The highest BCUT2D eigenvalue weighted by Crippen LogP contribution is 2.37. The monoisotopic (exact) mass is 496 g/mol. The maximum atomic E-state index is 13.2. The van der Waals surface area contributed by atoms with Crippen molar-refractivity contribution < 1.29 is 32.9 Å². The van der Waals surface area contributed by atoms with E-state index in [0.717, 1.165) is 17.0 Å². The van der Waals surface area contributed by atoms with E-state index in [2.05, 4.69) is 4.98 Å². The van der Waals surface area contributed by atoms with Crippen LogP contribution in [0.5, 0.6) is 11.8 Å². The highest BCUT2D eigenvalue weighted by molar-refractivity contribution is 6.30. The molecule has 34 heavy (non-hydrogen) atoms. The Morgan fingerprint density at radius 3 is 2.53 bits per heavy atom. The number of fused-ring (bicyclic) bond motifs is 1. The largest absolute Gasteiger partial charge is 0.425 e. The number of hydrogen-bond acceptors (Lipinski definition) is 6. The molecule has 1 amide bonds. The van der Waals surface area contributed by atoms with Gasteiger partial charge < -0.3 is 19.8 Å². The molecule has 8 nitrogen and oxygen atoms in total. The summed E-state index contributed by atoms with van der Waals surface area (Å²) in [6.07, 6.45) is -5.97. The van der Waals surface area contributed by atoms with Crippen molar-refractivity contribution in [3.05, 3.63) is 70.4 Å². The van der Waals surface area contributed by atoms with Crippen molar-refractivity contribution >= 4 is 23.3 Å². The maximum Gasteiger partial charge on any atom is 0.416 e. The Kier molecular flexibility index (Phi) is 6.43. The lowest BCUT2D eigenvalue weighted by Gasteiger charge is -2.38. The lowest BCUT2D eigenvalue weighted by Crippen LogP contribution is -2.54. The van der Waals surface area contributed by atoms with E-state index >= 15 is 0 Å². The lowest BCUT2D eigenvalue weighted by atomic mass is 10.2. The van der Waals surface area contributed by atoms with Gasteiger partial charge in [0, 0.05) is 18.6 Å². The fourth-order valence-corrected chi connectivity index (χ4v) is 3.72. The second kappa shape index (κ2) is 9.16. The Hall–Kier alpha value is -3.28. The van der Waals surface area contributed by atoms with Gasteiger partial charge in [0.25, 0.3) is 5.91 Å². The number of carbonyl (C=O) groups excluding carboxylic acids is 1. The summed E-state index contributed by atoms with van der Waals surface area (Å²) in [4.78, 5) is 19.8. The normalized spacial score (nSPS) is 16.1. The van der Waals surface area contributed by atoms with Crippen LogP contribution in [0.4, 0.5) is 19.0 Å². The van der Waals surface area contributed by atoms with Crippen LogP contribution in [0, 0.1) is 0 Å². The highest BCUT2D eigenvalue weighted by Gasteiger charge is 2.40. The van der Waals surface area contributed by atoms with E-state index in [1.165, 1.54) is 28.6 Å². The van der Waals surface area contributed by atoms with Crippen LogP contribution in [-0.4, -0.2) is 57.1 Å². The minimum Gasteiger partial charge on any atom is -0.425 e. The number of aromatic nitrogens is 2. The number of imidazole rings is 1. The summed E-state index contributed by atoms with van der Waals surface area (Å²) >= 11 is 5.96. The maximum absolute atomic E-state index is 13.2. The van der Waals surface area contributed by atoms with Crippen molar-refractivity contribution in [3.63, 3.8) is 0 Å². The van der Waals surface area contributed by atoms with Crippen LogP contribution in [0.3, 0.4) is 0 Å². The van der Waals surface area contributed by atoms with Crippen molar-refractivity contribution in [1.29, 1.82) is 0 Å². The smallest absolute Gasteiger partial charge is 0.416 e. The van der Waals surface area contributed by atoms with Gasteiger partial charge in [-0.3, -0.25) is 14.3 Å². The number of aliphatic hydroxyl groups is 2. The van der Waals surface area contributed by atoms with Crippen LogP contribution in [0.1, 0.15) is 21.6 Å². The van der Waals surface area contributed by atoms with E-state index in [0.29, 0.717) is 10.6 Å². The SMILES string of the molecule is CN1C(=O)c2c(nc(Oc3cccc(C(F)(F)F)c3)n2Cc2ccc(Cl)cc2)N(CCO)C1O. The third-order valence-corrected chi connectivity index (χ3v) is 5.55. The van der Waals surface area contributed by atoms with Gasteiger partial charge in [-0.2, -0.15) is 18.2 Å². The Labute approximate surface area is 197 Å². The topological polar surface area (TPSA) is 91.1 Å². The molecule has 12 heteroatoms. The minimum atomic E-state index is -4.57. The number of alkyl halides is 3. The van der Waals surface area contributed by atoms with Gasteiger partial charge in [0.15, 0.2) is 11.5 Å². The molecule has 0 fully saturated rings. The summed E-state index contributed by atoms with van der Waals surface area (Å²) in [5.74, 6) is -0.665. The number of aliphatic hydroxyl groups excluding tert-OH is 2. The van der Waals surface area contributed by atoms with Gasteiger partial charge in [-0.1, -0.05) is 29.8 Å². The summed E-state index contributed by atoms with van der Waals surface area (Å²) in [5.41, 5.74) is -0.134. The molecule has 1 aliphatic heterocycles. The Morgan fingerprint density at radius 1 is 1.18 bits per heavy atom. The van der Waals surface area contributed by atoms with Gasteiger partial charge in [-0.15, -0.1) is 0 Å². The molecule has 0 saturated carbocycles. The molecule has 1 aliphatic rings. The molecule has 3 aromatic rings. The van der Waals surface area contributed by atoms with E-state index in [4.69, 9.17) is 16.3 Å². The molecule has 0 saturated heterocycles. The molecule has 2 N–H and O–H groups in total. The zero-order chi connectivity index (χ0) is 24.6. The molecule has 0 bridgehead atoms. The van der Waals surface area contributed by atoms with E-state index in [1.807, 2.05) is 0 Å². The predicted molar refractivity (Wildman–Crippen MR) is 117 cm³/mol. The van der Waals surface area contributed by atoms with Gasteiger partial charge in [0.05, 0.1) is 18.7 Å². The molecule has 2 aromatic carbocycles. The second-order valence-corrected chi connectivity index (χ2v) is 8.02. The number of anilines is 1. The number of amides is 1. The highest BCUT2D eigenvalue weighted by atomic mass is 35.5. The molecular weight excluding hydrogens is 477 g/mol. The molecule has 4 rings (SSSR count). The fraction of sp³-hybridized carbons (Fsp3) is 0.273. The zero-order valence-electron chi connectivity index (χ0n) is 17.8. The fourth-order valence-electron chi connectivity index (χ4n) is 3.59. The minimum absolute atomic E-state index is 0.0422. The van der Waals surface area contributed by atoms with Gasteiger partial charge in [-0.25, -0.2) is 0 Å². The van der Waals surface area contributed by atoms with Crippen molar-refractivity contribution in [2.45, 2.75) is 19.1 Å². The number of hydrogen-bond donors (Lipinski definition) is 2. The van der Waals surface area contributed by atoms with Gasteiger partial charge in [0.1, 0.15) is 5.75 Å². The lowest BCUT2D eigenvalue weighted by molar-refractivity contribution is -0.137. The summed E-state index contributed by atoms with van der Waals surface area (Å²) in [7, 11) is 1.38. The number of nitrogens with zero attached hydrogens (tertiary/aromatic N) is 4. The van der Waals surface area contributed by atoms with E-state index in [1.54, 1.807) is 24.3 Å². The average Bonchev–Trinajstić information content (AvgIpc) is 3.14. The molecular formula is C22H20ClF3N4O4. The number of benzene rings is 2. The number of carbonyl (C=O) groups is 1. The van der Waals surface area contributed by atoms with Gasteiger partial charge in [0.2, 0.25) is 6.35 Å². The van der Waals surface area contributed by atoms with E-state index < -0.39 is 24.0 Å². The molecule has 1 aromatic heterocycles. The third kappa shape index (κ3) is 4.54. The number of rotatable bonds is 6. The Balaban J connectivity index is 1.83. The first-order chi connectivity index (χ1) is 16.1. The number of β-amino-alcohol motifs (C(OH)–C–C–N with tert-alkyl or cyclic N) is 1. The third-order valence-electron chi connectivity index (χ3n) is 5.30. The molecule has 180 valence electrons. The summed E-state index contributed by atoms with van der Waals surface area (Å²) in [6.45, 7) is -0.310. The van der Waals surface area contributed by atoms with Crippen LogP contribution in [0.2, 0.25) is 5.02 Å². The molecule has 0 spiro atoms. The quantitative estimate of drug-likeness (QED) is 0.542. The second-order valence-electron chi connectivity index (χ2n) is 7.59. The van der Waals surface area contributed by atoms with Gasteiger partial charge >= 0.3 is 12.2 Å². The van der Waals surface area contributed by atoms with Crippen molar-refractivity contribution in [1.82, 2.24) is 14.5 Å². The first-order valence-corrected chi connectivity index (χ1v) is 10.5. The Morgan fingerprint density at radius 2 is 1.88 bits per heavy atom. The van der Waals surface area contributed by atoms with E-state index in [-0.39, 0.29) is 43.0 Å². The number of ether oxygens (including phenoxy) is 1. The van der Waals surface area contributed by atoms with Crippen molar-refractivity contribution in [2.75, 3.05) is 25.1 Å². The molecule has 1 unspecified atom stereocenters. The van der Waals surface area contributed by atoms with E-state index in [9.17, 15) is 28.2 Å². The summed E-state index contributed by atoms with van der Waals surface area (Å²) < 4.78 is 46.6. The van der Waals surface area contributed by atoms with Crippen LogP contribution >= 0.6 is 11.6 Å². The molecule has 0 radical (unpaired) electrons. The first-order valence-electron chi connectivity index (χ1n) is 10.1. The standard InChI is InChI=1S/C22H20ClF3N4O4/c1-28-19(32)17-18(29(9-10-31)21(28)33)27-20(30(17)12-13-5-7-15(23)8-6-13)34-16-4-2-3-14(11-16)22(24,25)26/h2-8,11,21,31,33H,9-10,12H2,1H3. The number of halogens is 4. The first kappa shape index (κ1) is 23.9.